The molecule has 0 radical (unpaired) electrons. The predicted molar refractivity (Wildman–Crippen MR) is 62.9 cm³/mol. The summed E-state index contributed by atoms with van der Waals surface area (Å²) in [5.41, 5.74) is 7.87. The van der Waals surface area contributed by atoms with Gasteiger partial charge in [-0.1, -0.05) is 6.07 Å². The minimum atomic E-state index is -0.649. The molecular weight excluding hydrogens is 210 g/mol. The standard InChI is InChI=1S/C11H17NO2S/c1-8-4-11(3-2-9(8)5-12)15-7-10(14)6-13/h2-4,10,13-14H,5-7,12H2,1H3. The lowest BCUT2D eigenvalue weighted by Gasteiger charge is -2.08. The SMILES string of the molecule is Cc1cc(SCC(O)CO)ccc1CN. The van der Waals surface area contributed by atoms with Crippen LogP contribution in [0.2, 0.25) is 0 Å². The third-order valence-corrected chi connectivity index (χ3v) is 3.33. The van der Waals surface area contributed by atoms with Crippen LogP contribution in [-0.2, 0) is 6.54 Å². The number of nitrogens with two attached hydrogens (primary N) is 1. The van der Waals surface area contributed by atoms with Crippen molar-refractivity contribution in [1.82, 2.24) is 0 Å². The number of rotatable bonds is 5. The third kappa shape index (κ3) is 3.83. The summed E-state index contributed by atoms with van der Waals surface area (Å²) in [4.78, 5) is 1.09. The second-order valence-electron chi connectivity index (χ2n) is 3.44. The van der Waals surface area contributed by atoms with Gasteiger partial charge < -0.3 is 15.9 Å². The highest BCUT2D eigenvalue weighted by molar-refractivity contribution is 7.99. The Labute approximate surface area is 94.3 Å². The Morgan fingerprint density at radius 1 is 1.47 bits per heavy atom. The quantitative estimate of drug-likeness (QED) is 0.654. The summed E-state index contributed by atoms with van der Waals surface area (Å²) in [5.74, 6) is 0.512. The third-order valence-electron chi connectivity index (χ3n) is 2.19. The minimum Gasteiger partial charge on any atom is -0.394 e. The first-order valence-corrected chi connectivity index (χ1v) is 5.87. The van der Waals surface area contributed by atoms with Gasteiger partial charge in [0.05, 0.1) is 12.7 Å². The fourth-order valence-corrected chi connectivity index (χ4v) is 2.15. The molecule has 0 spiro atoms. The minimum absolute atomic E-state index is 0.188. The molecule has 0 fully saturated rings. The first kappa shape index (κ1) is 12.5. The average Bonchev–Trinajstić information content (AvgIpc) is 2.26. The highest BCUT2D eigenvalue weighted by Crippen LogP contribution is 2.21. The van der Waals surface area contributed by atoms with Gasteiger partial charge in [0.15, 0.2) is 0 Å². The molecule has 1 aromatic carbocycles. The van der Waals surface area contributed by atoms with Gasteiger partial charge in [0.2, 0.25) is 0 Å². The number of thioether (sulfide) groups is 1. The summed E-state index contributed by atoms with van der Waals surface area (Å²) in [6, 6.07) is 6.05. The molecule has 1 unspecified atom stereocenters. The van der Waals surface area contributed by atoms with E-state index in [2.05, 4.69) is 6.07 Å². The summed E-state index contributed by atoms with van der Waals surface area (Å²) in [6.07, 6.45) is -0.649. The van der Waals surface area contributed by atoms with E-state index in [9.17, 15) is 5.11 Å². The Hall–Kier alpha value is -0.550. The Kier molecular flexibility index (Phi) is 5.11. The van der Waals surface area contributed by atoms with Gasteiger partial charge >= 0.3 is 0 Å². The normalized spacial score (nSPS) is 12.8. The number of hydrogen-bond acceptors (Lipinski definition) is 4. The van der Waals surface area contributed by atoms with Gasteiger partial charge in [-0.3, -0.25) is 0 Å². The van der Waals surface area contributed by atoms with Crippen LogP contribution < -0.4 is 5.73 Å². The monoisotopic (exact) mass is 227 g/mol. The van der Waals surface area contributed by atoms with E-state index in [-0.39, 0.29) is 6.61 Å². The summed E-state index contributed by atoms with van der Waals surface area (Å²) >= 11 is 1.54. The lowest BCUT2D eigenvalue weighted by molar-refractivity contribution is 0.113. The van der Waals surface area contributed by atoms with Crippen LogP contribution >= 0.6 is 11.8 Å². The molecule has 0 aliphatic heterocycles. The lowest BCUT2D eigenvalue weighted by atomic mass is 10.1. The fraction of sp³-hybridized carbons (Fsp3) is 0.455. The highest BCUT2D eigenvalue weighted by Gasteiger charge is 2.04. The molecule has 84 valence electrons. The van der Waals surface area contributed by atoms with E-state index >= 15 is 0 Å². The van der Waals surface area contributed by atoms with Crippen molar-refractivity contribution in [3.63, 3.8) is 0 Å². The van der Waals surface area contributed by atoms with E-state index in [0.29, 0.717) is 12.3 Å². The Morgan fingerprint density at radius 3 is 2.73 bits per heavy atom. The maximum absolute atomic E-state index is 9.20. The fourth-order valence-electron chi connectivity index (χ4n) is 1.23. The van der Waals surface area contributed by atoms with Gasteiger partial charge in [0, 0.05) is 17.2 Å². The number of aryl methyl sites for hydroxylation is 1. The van der Waals surface area contributed by atoms with Crippen molar-refractivity contribution in [3.8, 4) is 0 Å². The van der Waals surface area contributed by atoms with E-state index < -0.39 is 6.10 Å². The molecule has 0 aliphatic carbocycles. The first-order chi connectivity index (χ1) is 7.17. The van der Waals surface area contributed by atoms with E-state index in [1.54, 1.807) is 0 Å². The van der Waals surface area contributed by atoms with Gasteiger partial charge in [-0.2, -0.15) is 0 Å². The summed E-state index contributed by atoms with van der Waals surface area (Å²) in [5, 5.41) is 17.9. The summed E-state index contributed by atoms with van der Waals surface area (Å²) < 4.78 is 0. The van der Waals surface area contributed by atoms with Crippen LogP contribution in [0, 0.1) is 6.92 Å². The van der Waals surface area contributed by atoms with Crippen LogP contribution in [-0.4, -0.2) is 28.7 Å². The molecule has 0 aromatic heterocycles. The number of benzene rings is 1. The van der Waals surface area contributed by atoms with Gasteiger partial charge in [-0.15, -0.1) is 11.8 Å². The molecule has 0 bridgehead atoms. The van der Waals surface area contributed by atoms with Crippen molar-refractivity contribution < 1.29 is 10.2 Å². The predicted octanol–water partition coefficient (Wildman–Crippen LogP) is 0.899. The molecule has 15 heavy (non-hydrogen) atoms. The van der Waals surface area contributed by atoms with E-state index in [1.807, 2.05) is 19.1 Å². The second kappa shape index (κ2) is 6.12. The first-order valence-electron chi connectivity index (χ1n) is 4.88. The van der Waals surface area contributed by atoms with E-state index in [4.69, 9.17) is 10.8 Å². The van der Waals surface area contributed by atoms with Crippen LogP contribution in [0.3, 0.4) is 0 Å². The molecule has 1 atom stereocenters. The molecule has 0 amide bonds. The second-order valence-corrected chi connectivity index (χ2v) is 4.53. The maximum Gasteiger partial charge on any atom is 0.0864 e. The Bertz CT molecular complexity index is 317. The van der Waals surface area contributed by atoms with Crippen molar-refractivity contribution in [3.05, 3.63) is 29.3 Å². The van der Waals surface area contributed by atoms with Crippen LogP contribution in [0.25, 0.3) is 0 Å². The molecule has 4 N–H and O–H groups in total. The smallest absolute Gasteiger partial charge is 0.0864 e. The number of hydrogen-bond donors (Lipinski definition) is 3. The largest absolute Gasteiger partial charge is 0.394 e. The van der Waals surface area contributed by atoms with Gasteiger partial charge in [0.1, 0.15) is 0 Å². The molecule has 0 saturated heterocycles. The molecule has 0 heterocycles. The van der Waals surface area contributed by atoms with Crippen molar-refractivity contribution >= 4 is 11.8 Å². The maximum atomic E-state index is 9.20. The number of aliphatic hydroxyl groups excluding tert-OH is 2. The van der Waals surface area contributed by atoms with Crippen LogP contribution in [0.4, 0.5) is 0 Å². The number of aliphatic hydroxyl groups is 2. The summed E-state index contributed by atoms with van der Waals surface area (Å²) in [7, 11) is 0. The van der Waals surface area contributed by atoms with Crippen molar-refractivity contribution in [2.24, 2.45) is 5.73 Å². The zero-order valence-corrected chi connectivity index (χ0v) is 9.63. The highest BCUT2D eigenvalue weighted by atomic mass is 32.2. The molecule has 4 heteroatoms. The van der Waals surface area contributed by atoms with E-state index in [0.717, 1.165) is 10.5 Å². The van der Waals surface area contributed by atoms with Gasteiger partial charge in [-0.25, -0.2) is 0 Å². The molecule has 1 rings (SSSR count). The van der Waals surface area contributed by atoms with Crippen LogP contribution in [0.1, 0.15) is 11.1 Å². The molecule has 3 nitrogen and oxygen atoms in total. The van der Waals surface area contributed by atoms with Crippen LogP contribution in [0.5, 0.6) is 0 Å². The Balaban J connectivity index is 2.59. The van der Waals surface area contributed by atoms with Gasteiger partial charge in [0.25, 0.3) is 0 Å². The molecular formula is C11H17NO2S. The zero-order chi connectivity index (χ0) is 11.3. The summed E-state index contributed by atoms with van der Waals surface area (Å²) in [6.45, 7) is 2.39. The molecule has 0 saturated carbocycles. The topological polar surface area (TPSA) is 66.5 Å². The van der Waals surface area contributed by atoms with Crippen molar-refractivity contribution in [1.29, 1.82) is 0 Å². The average molecular weight is 227 g/mol. The van der Waals surface area contributed by atoms with Gasteiger partial charge in [-0.05, 0) is 30.2 Å². The van der Waals surface area contributed by atoms with Crippen molar-refractivity contribution in [2.45, 2.75) is 24.5 Å². The zero-order valence-electron chi connectivity index (χ0n) is 8.81. The van der Waals surface area contributed by atoms with Crippen molar-refractivity contribution in [2.75, 3.05) is 12.4 Å². The lowest BCUT2D eigenvalue weighted by Crippen LogP contribution is -2.14. The molecule has 0 aliphatic rings. The van der Waals surface area contributed by atoms with E-state index in [1.165, 1.54) is 17.3 Å². The molecule has 1 aromatic rings. The van der Waals surface area contributed by atoms with Crippen LogP contribution in [0.15, 0.2) is 23.1 Å². The Morgan fingerprint density at radius 2 is 2.20 bits per heavy atom.